The first-order valence-electron chi connectivity index (χ1n) is 9.50. The molecule has 0 aromatic heterocycles. The normalized spacial score (nSPS) is 16.5. The highest BCUT2D eigenvalue weighted by molar-refractivity contribution is 7.89. The summed E-state index contributed by atoms with van der Waals surface area (Å²) >= 11 is 6.43. The van der Waals surface area contributed by atoms with E-state index in [-0.39, 0.29) is 4.90 Å². The summed E-state index contributed by atoms with van der Waals surface area (Å²) in [6, 6.07) is 20.2. The minimum atomic E-state index is -3.87. The first-order chi connectivity index (χ1) is 15.0. The molecule has 160 valence electrons. The Bertz CT molecular complexity index is 1230. The fourth-order valence-corrected chi connectivity index (χ4v) is 5.13. The minimum Gasteiger partial charge on any atom is -0.493 e. The number of ether oxygens (including phenoxy) is 2. The zero-order valence-corrected chi connectivity index (χ0v) is 18.5. The van der Waals surface area contributed by atoms with Crippen molar-refractivity contribution in [3.8, 4) is 11.5 Å². The van der Waals surface area contributed by atoms with Crippen molar-refractivity contribution in [2.75, 3.05) is 14.2 Å². The van der Waals surface area contributed by atoms with Crippen LogP contribution in [0.1, 0.15) is 17.2 Å². The van der Waals surface area contributed by atoms with E-state index in [0.29, 0.717) is 27.8 Å². The average Bonchev–Trinajstić information content (AvgIpc) is 3.25. The van der Waals surface area contributed by atoms with Crippen LogP contribution in [-0.4, -0.2) is 27.1 Å². The molecule has 0 amide bonds. The maximum atomic E-state index is 13.5. The van der Waals surface area contributed by atoms with Gasteiger partial charge in [-0.2, -0.15) is 0 Å². The molecule has 3 aromatic carbocycles. The lowest BCUT2D eigenvalue weighted by Gasteiger charge is -2.25. The van der Waals surface area contributed by atoms with Crippen LogP contribution < -0.4 is 14.9 Å². The molecule has 6 nitrogen and oxygen atoms in total. The van der Waals surface area contributed by atoms with Gasteiger partial charge in [0, 0.05) is 10.6 Å². The molecule has 4 rings (SSSR count). The van der Waals surface area contributed by atoms with E-state index in [4.69, 9.17) is 21.1 Å². The van der Waals surface area contributed by atoms with Gasteiger partial charge in [-0.05, 0) is 48.0 Å². The number of sulfonamides is 1. The van der Waals surface area contributed by atoms with Gasteiger partial charge >= 0.3 is 0 Å². The molecule has 1 unspecified atom stereocenters. The molecule has 0 aliphatic carbocycles. The molecule has 1 aliphatic heterocycles. The van der Waals surface area contributed by atoms with Gasteiger partial charge in [0.15, 0.2) is 11.5 Å². The van der Waals surface area contributed by atoms with Crippen molar-refractivity contribution >= 4 is 27.3 Å². The van der Waals surface area contributed by atoms with Crippen molar-refractivity contribution in [1.29, 1.82) is 0 Å². The second kappa shape index (κ2) is 8.63. The first-order valence-corrected chi connectivity index (χ1v) is 11.3. The summed E-state index contributed by atoms with van der Waals surface area (Å²) in [5.74, 6) is 1.13. The third-order valence-electron chi connectivity index (χ3n) is 5.03. The van der Waals surface area contributed by atoms with E-state index in [9.17, 15) is 8.42 Å². The SMILES string of the molecule is COc1ccc(C2=CC(c3ccccc3Cl)N(S(=O)(=O)c3ccccc3)N2)cc1OC. The summed E-state index contributed by atoms with van der Waals surface area (Å²) in [5.41, 5.74) is 5.10. The molecule has 3 aromatic rings. The number of benzene rings is 3. The Balaban J connectivity index is 1.81. The van der Waals surface area contributed by atoms with Gasteiger partial charge < -0.3 is 14.9 Å². The van der Waals surface area contributed by atoms with Crippen LogP contribution in [0.2, 0.25) is 5.02 Å². The van der Waals surface area contributed by atoms with Crippen LogP contribution in [0.3, 0.4) is 0 Å². The molecule has 8 heteroatoms. The molecule has 1 N–H and O–H groups in total. The standard InChI is InChI=1S/C23H21ClN2O4S/c1-29-22-13-12-16(14-23(22)30-2)20-15-21(18-10-6-7-11-19(18)24)26(25-20)31(27,28)17-8-4-3-5-9-17/h3-15,21,25H,1-2H3. The number of hydrazine groups is 1. The Morgan fingerprint density at radius 3 is 2.26 bits per heavy atom. The van der Waals surface area contributed by atoms with E-state index < -0.39 is 16.1 Å². The largest absolute Gasteiger partial charge is 0.493 e. The number of rotatable bonds is 6. The van der Waals surface area contributed by atoms with Gasteiger partial charge in [-0.1, -0.05) is 48.0 Å². The summed E-state index contributed by atoms with van der Waals surface area (Å²) in [4.78, 5) is 0.182. The number of nitrogens with one attached hydrogen (secondary N) is 1. The summed E-state index contributed by atoms with van der Waals surface area (Å²) in [5, 5.41) is 0.479. The van der Waals surface area contributed by atoms with E-state index in [0.717, 1.165) is 5.56 Å². The summed E-state index contributed by atoms with van der Waals surface area (Å²) in [6.07, 6.45) is 1.84. The van der Waals surface area contributed by atoms with Crippen molar-refractivity contribution in [2.24, 2.45) is 0 Å². The van der Waals surface area contributed by atoms with Crippen LogP contribution in [0.5, 0.6) is 11.5 Å². The number of hydrogen-bond donors (Lipinski definition) is 1. The van der Waals surface area contributed by atoms with Gasteiger partial charge in [-0.15, -0.1) is 4.41 Å². The molecule has 0 radical (unpaired) electrons. The fraction of sp³-hybridized carbons (Fsp3) is 0.130. The molecule has 0 fully saturated rings. The molecule has 31 heavy (non-hydrogen) atoms. The second-order valence-electron chi connectivity index (χ2n) is 6.84. The molecule has 1 heterocycles. The van der Waals surface area contributed by atoms with Crippen molar-refractivity contribution in [3.05, 3.63) is 95.0 Å². The Kier molecular flexibility index (Phi) is 5.91. The van der Waals surface area contributed by atoms with E-state index in [2.05, 4.69) is 5.43 Å². The van der Waals surface area contributed by atoms with Crippen LogP contribution in [-0.2, 0) is 10.0 Å². The highest BCUT2D eigenvalue weighted by Gasteiger charge is 2.37. The molecule has 1 atom stereocenters. The third kappa shape index (κ3) is 3.99. The van der Waals surface area contributed by atoms with Gasteiger partial charge in [0.25, 0.3) is 10.0 Å². The van der Waals surface area contributed by atoms with E-state index in [1.807, 2.05) is 30.3 Å². The van der Waals surface area contributed by atoms with Crippen LogP contribution in [0, 0.1) is 0 Å². The highest BCUT2D eigenvalue weighted by atomic mass is 35.5. The number of halogens is 1. The fourth-order valence-electron chi connectivity index (χ4n) is 3.46. The number of hydrogen-bond acceptors (Lipinski definition) is 5. The van der Waals surface area contributed by atoms with Gasteiger partial charge in [0.2, 0.25) is 0 Å². The maximum absolute atomic E-state index is 13.5. The lowest BCUT2D eigenvalue weighted by Crippen LogP contribution is -2.39. The predicted molar refractivity (Wildman–Crippen MR) is 120 cm³/mol. The first kappa shape index (κ1) is 21.2. The zero-order valence-electron chi connectivity index (χ0n) is 16.9. The smallest absolute Gasteiger partial charge is 0.260 e. The molecule has 0 spiro atoms. The Labute approximate surface area is 186 Å². The second-order valence-corrected chi connectivity index (χ2v) is 9.06. The number of nitrogens with zero attached hydrogens (tertiary/aromatic N) is 1. The molecular formula is C23H21ClN2O4S. The summed E-state index contributed by atoms with van der Waals surface area (Å²) < 4.78 is 38.9. The zero-order chi connectivity index (χ0) is 22.0. The van der Waals surface area contributed by atoms with E-state index >= 15 is 0 Å². The average molecular weight is 457 g/mol. The topological polar surface area (TPSA) is 67.9 Å². The van der Waals surface area contributed by atoms with E-state index in [1.54, 1.807) is 62.8 Å². The van der Waals surface area contributed by atoms with E-state index in [1.165, 1.54) is 4.41 Å². The Hall–Kier alpha value is -3.00. The molecular weight excluding hydrogens is 436 g/mol. The van der Waals surface area contributed by atoms with Gasteiger partial charge in [-0.25, -0.2) is 8.42 Å². The van der Waals surface area contributed by atoms with Gasteiger partial charge in [-0.3, -0.25) is 0 Å². The lowest BCUT2D eigenvalue weighted by atomic mass is 10.1. The number of methoxy groups -OCH3 is 2. The quantitative estimate of drug-likeness (QED) is 0.584. The maximum Gasteiger partial charge on any atom is 0.260 e. The summed E-state index contributed by atoms with van der Waals surface area (Å²) in [7, 11) is -0.753. The van der Waals surface area contributed by atoms with Crippen LogP contribution in [0.4, 0.5) is 0 Å². The monoisotopic (exact) mass is 456 g/mol. The highest BCUT2D eigenvalue weighted by Crippen LogP contribution is 2.39. The third-order valence-corrected chi connectivity index (χ3v) is 7.07. The van der Waals surface area contributed by atoms with Crippen molar-refractivity contribution in [3.63, 3.8) is 0 Å². The molecule has 0 saturated carbocycles. The van der Waals surface area contributed by atoms with Crippen molar-refractivity contribution < 1.29 is 17.9 Å². The Morgan fingerprint density at radius 1 is 0.903 bits per heavy atom. The summed E-state index contributed by atoms with van der Waals surface area (Å²) in [6.45, 7) is 0. The Morgan fingerprint density at radius 2 is 1.58 bits per heavy atom. The van der Waals surface area contributed by atoms with Gasteiger partial charge in [0.05, 0.1) is 30.9 Å². The molecule has 1 aliphatic rings. The van der Waals surface area contributed by atoms with Gasteiger partial charge in [0.1, 0.15) is 0 Å². The van der Waals surface area contributed by atoms with Crippen LogP contribution in [0.25, 0.3) is 5.70 Å². The molecule has 0 bridgehead atoms. The predicted octanol–water partition coefficient (Wildman–Crippen LogP) is 4.65. The van der Waals surface area contributed by atoms with Crippen LogP contribution >= 0.6 is 11.6 Å². The van der Waals surface area contributed by atoms with Crippen molar-refractivity contribution in [1.82, 2.24) is 9.84 Å². The van der Waals surface area contributed by atoms with Crippen molar-refractivity contribution in [2.45, 2.75) is 10.9 Å². The lowest BCUT2D eigenvalue weighted by molar-refractivity contribution is 0.347. The molecule has 0 saturated heterocycles. The minimum absolute atomic E-state index is 0.182. The van der Waals surface area contributed by atoms with Crippen LogP contribution in [0.15, 0.2) is 83.8 Å².